The summed E-state index contributed by atoms with van der Waals surface area (Å²) in [5.41, 5.74) is 3.73. The minimum atomic E-state index is -3.50. The number of fused-ring (bicyclic) bond motifs is 3. The number of piperidine rings is 2. The van der Waals surface area contributed by atoms with Crippen LogP contribution in [-0.2, 0) is 16.4 Å². The molecule has 1 aromatic carbocycles. The number of aliphatic imine (C=N–C) groups is 1. The molecular weight excluding hydrogens is 701 g/mol. The zero-order valence-corrected chi connectivity index (χ0v) is 29.9. The predicted octanol–water partition coefficient (Wildman–Crippen LogP) is 4.51. The number of carbonyl (C=O) groups excluding carboxylic acids is 2. The van der Waals surface area contributed by atoms with Crippen LogP contribution in [0.15, 0.2) is 34.8 Å². The van der Waals surface area contributed by atoms with Crippen LogP contribution in [0.25, 0.3) is 20.7 Å². The normalized spacial score (nSPS) is 15.9. The lowest BCUT2D eigenvalue weighted by molar-refractivity contribution is 0.0717. The van der Waals surface area contributed by atoms with E-state index in [1.54, 1.807) is 12.0 Å². The van der Waals surface area contributed by atoms with Crippen molar-refractivity contribution in [3.05, 3.63) is 45.9 Å². The Morgan fingerprint density at radius 3 is 1.98 bits per heavy atom. The van der Waals surface area contributed by atoms with Gasteiger partial charge in [0.15, 0.2) is 30.7 Å². The lowest BCUT2D eigenvalue weighted by Crippen LogP contribution is -2.35. The van der Waals surface area contributed by atoms with Crippen molar-refractivity contribution in [3.63, 3.8) is 0 Å². The number of anilines is 2. The van der Waals surface area contributed by atoms with Gasteiger partial charge in [0, 0.05) is 38.6 Å². The number of hydrogen-bond donors (Lipinski definition) is 1. The predicted molar refractivity (Wildman–Crippen MR) is 191 cm³/mol. The van der Waals surface area contributed by atoms with Crippen molar-refractivity contribution < 1.29 is 22.7 Å². The second-order valence-corrected chi connectivity index (χ2v) is 16.0. The highest BCUT2D eigenvalue weighted by Gasteiger charge is 2.26. The highest BCUT2D eigenvalue weighted by atomic mass is 32.2. The lowest BCUT2D eigenvalue weighted by Gasteiger charge is -2.25. The van der Waals surface area contributed by atoms with Crippen LogP contribution < -0.4 is 10.1 Å². The lowest BCUT2D eigenvalue weighted by atomic mass is 10.1. The summed E-state index contributed by atoms with van der Waals surface area (Å²) in [6, 6.07) is 3.97. The van der Waals surface area contributed by atoms with E-state index >= 15 is 0 Å². The van der Waals surface area contributed by atoms with Gasteiger partial charge < -0.3 is 19.9 Å². The number of nitrogens with zero attached hydrogens (tertiary/aromatic N) is 9. The van der Waals surface area contributed by atoms with E-state index in [0.717, 1.165) is 92.7 Å². The van der Waals surface area contributed by atoms with Crippen LogP contribution in [0.4, 0.5) is 11.5 Å². The van der Waals surface area contributed by atoms with Crippen molar-refractivity contribution in [1.82, 2.24) is 39.7 Å². The Balaban J connectivity index is 0.000000166. The third kappa shape index (κ3) is 6.99. The zero-order chi connectivity index (χ0) is 34.8. The molecule has 3 aliphatic heterocycles. The smallest absolute Gasteiger partial charge is 0.282 e. The zero-order valence-electron chi connectivity index (χ0n) is 27.5. The molecule has 0 aliphatic carbocycles. The second kappa shape index (κ2) is 14.3. The van der Waals surface area contributed by atoms with E-state index in [1.165, 1.54) is 30.4 Å². The van der Waals surface area contributed by atoms with Crippen molar-refractivity contribution in [2.45, 2.75) is 50.1 Å². The first-order chi connectivity index (χ1) is 24.2. The quantitative estimate of drug-likeness (QED) is 0.241. The van der Waals surface area contributed by atoms with E-state index in [-0.39, 0.29) is 27.4 Å². The van der Waals surface area contributed by atoms with Gasteiger partial charge in [-0.05, 0) is 61.8 Å². The Labute approximate surface area is 295 Å². The Morgan fingerprint density at radius 2 is 1.38 bits per heavy atom. The van der Waals surface area contributed by atoms with Crippen molar-refractivity contribution in [2.24, 2.45) is 4.99 Å². The van der Waals surface area contributed by atoms with E-state index in [2.05, 4.69) is 40.2 Å². The monoisotopic (exact) mass is 734 g/mol. The van der Waals surface area contributed by atoms with Crippen molar-refractivity contribution in [1.29, 1.82) is 0 Å². The van der Waals surface area contributed by atoms with E-state index in [9.17, 15) is 18.0 Å². The van der Waals surface area contributed by atoms with Crippen LogP contribution in [0.3, 0.4) is 0 Å². The molecule has 8 rings (SSSR count). The number of amides is 2. The summed E-state index contributed by atoms with van der Waals surface area (Å²) in [5, 5.41) is 3.92. The molecule has 4 aromatic heterocycles. The standard InChI is InChI=1S/C20H20N6O2S.C12H14N4O3S2/c1-28-15-8-13-10-21-9-12(13)7-14(15)24-17-16-18(23-11-22-17)29-19(25-16)20(27)26-5-3-2-4-6-26;1-21(18,19)11-8-9(13-7-14-11)20-10(15-8)12(17)16-5-3-2-4-6-16/h7-9,11H,2-6,10H2,1H3,(H,22,23,24);7H,2-6H2,1H3. The fraction of sp³-hybridized carbons (Fsp3) is 0.406. The first-order valence-electron chi connectivity index (χ1n) is 16.2. The number of methoxy groups -OCH3 is 1. The largest absolute Gasteiger partial charge is 0.495 e. The molecule has 0 spiro atoms. The van der Waals surface area contributed by atoms with Crippen LogP contribution >= 0.6 is 22.7 Å². The summed E-state index contributed by atoms with van der Waals surface area (Å²) >= 11 is 2.42. The number of thiazole rings is 2. The number of sulfone groups is 1. The highest BCUT2D eigenvalue weighted by Crippen LogP contribution is 2.35. The molecule has 0 saturated carbocycles. The van der Waals surface area contributed by atoms with Crippen LogP contribution in [0.5, 0.6) is 5.75 Å². The van der Waals surface area contributed by atoms with Gasteiger partial charge >= 0.3 is 0 Å². The Bertz CT molecular complexity index is 2220. The molecule has 5 aromatic rings. The van der Waals surface area contributed by atoms with Crippen molar-refractivity contribution in [3.8, 4) is 5.75 Å². The third-order valence-electron chi connectivity index (χ3n) is 8.57. The highest BCUT2D eigenvalue weighted by molar-refractivity contribution is 7.90. The van der Waals surface area contributed by atoms with Crippen LogP contribution in [0.1, 0.15) is 69.3 Å². The van der Waals surface area contributed by atoms with Crippen LogP contribution in [0, 0.1) is 0 Å². The molecule has 2 fully saturated rings. The SMILES string of the molecule is COc1cc2c(cc1Nc1ncnc3sc(C(=O)N4CCCCC4)nc13)C=NC2.CS(=O)(=O)c1ncnc2sc(C(=O)N3CCCCC3)nc12. The molecule has 0 radical (unpaired) electrons. The van der Waals surface area contributed by atoms with Crippen LogP contribution in [-0.4, -0.2) is 106 Å². The number of rotatable bonds is 6. The summed E-state index contributed by atoms with van der Waals surface area (Å²) in [6.07, 6.45) is 12.0. The third-order valence-corrected chi connectivity index (χ3v) is 11.5. The maximum atomic E-state index is 12.8. The van der Waals surface area contributed by atoms with Gasteiger partial charge in [-0.3, -0.25) is 14.6 Å². The van der Waals surface area contributed by atoms with E-state index in [4.69, 9.17) is 4.74 Å². The Kier molecular flexibility index (Phi) is 9.65. The van der Waals surface area contributed by atoms with Gasteiger partial charge in [-0.25, -0.2) is 38.3 Å². The number of ether oxygens (including phenoxy) is 1. The summed E-state index contributed by atoms with van der Waals surface area (Å²) in [7, 11) is -1.86. The van der Waals surface area contributed by atoms with Gasteiger partial charge in [0.1, 0.15) is 39.1 Å². The molecule has 260 valence electrons. The molecule has 0 atom stereocenters. The molecule has 15 nitrogen and oxygen atoms in total. The molecule has 0 bridgehead atoms. The van der Waals surface area contributed by atoms with Crippen molar-refractivity contribution >= 4 is 82.7 Å². The average molecular weight is 735 g/mol. The summed E-state index contributed by atoms with van der Waals surface area (Å²) in [6.45, 7) is 3.69. The van der Waals surface area contributed by atoms with Crippen molar-refractivity contribution in [2.75, 3.05) is 44.9 Å². The van der Waals surface area contributed by atoms with E-state index in [1.807, 2.05) is 23.2 Å². The molecule has 2 amide bonds. The number of aromatic nitrogens is 6. The number of benzene rings is 1. The maximum Gasteiger partial charge on any atom is 0.282 e. The number of likely N-dealkylation sites (tertiary alicyclic amines) is 2. The van der Waals surface area contributed by atoms with E-state index < -0.39 is 9.84 Å². The molecule has 2 saturated heterocycles. The number of nitrogens with one attached hydrogen (secondary N) is 1. The summed E-state index contributed by atoms with van der Waals surface area (Å²) in [4.78, 5) is 59.5. The molecule has 7 heterocycles. The summed E-state index contributed by atoms with van der Waals surface area (Å²) in [5.74, 6) is 1.08. The first-order valence-corrected chi connectivity index (χ1v) is 19.7. The van der Waals surface area contributed by atoms with Gasteiger partial charge in [0.05, 0.1) is 19.3 Å². The molecular formula is C32H34N10O5S3. The van der Waals surface area contributed by atoms with Gasteiger partial charge in [-0.15, -0.1) is 0 Å². The van der Waals surface area contributed by atoms with Crippen LogP contribution in [0.2, 0.25) is 0 Å². The van der Waals surface area contributed by atoms with Gasteiger partial charge in [-0.1, -0.05) is 22.7 Å². The fourth-order valence-electron chi connectivity index (χ4n) is 6.03. The fourth-order valence-corrected chi connectivity index (χ4v) is 8.58. The topological polar surface area (TPSA) is 186 Å². The first kappa shape index (κ1) is 33.8. The Morgan fingerprint density at radius 1 is 0.800 bits per heavy atom. The van der Waals surface area contributed by atoms with Gasteiger partial charge in [0.2, 0.25) is 0 Å². The van der Waals surface area contributed by atoms with Gasteiger partial charge in [-0.2, -0.15) is 0 Å². The number of carbonyl (C=O) groups is 2. The maximum absolute atomic E-state index is 12.8. The minimum absolute atomic E-state index is 0.0232. The minimum Gasteiger partial charge on any atom is -0.495 e. The van der Waals surface area contributed by atoms with E-state index in [0.29, 0.717) is 38.3 Å². The average Bonchev–Trinajstić information content (AvgIpc) is 3.90. The number of hydrogen-bond acceptors (Lipinski definition) is 15. The van der Waals surface area contributed by atoms with Gasteiger partial charge in [0.25, 0.3) is 11.8 Å². The molecule has 3 aliphatic rings. The second-order valence-electron chi connectivity index (χ2n) is 12.1. The molecule has 50 heavy (non-hydrogen) atoms. The molecule has 1 N–H and O–H groups in total. The molecule has 18 heteroatoms. The Hall–Kier alpha value is -4.68. The molecule has 0 unspecified atom stereocenters. The summed E-state index contributed by atoms with van der Waals surface area (Å²) < 4.78 is 29.0.